The lowest BCUT2D eigenvalue weighted by atomic mass is 10.2. The van der Waals surface area contributed by atoms with Crippen LogP contribution in [0.15, 0.2) is 29.3 Å². The van der Waals surface area contributed by atoms with Crippen LogP contribution in [0.4, 0.5) is 0 Å². The lowest BCUT2D eigenvalue weighted by Crippen LogP contribution is -2.38. The van der Waals surface area contributed by atoms with Gasteiger partial charge >= 0.3 is 0 Å². The lowest BCUT2D eigenvalue weighted by molar-refractivity contribution is 0.468. The van der Waals surface area contributed by atoms with E-state index in [2.05, 4.69) is 30.0 Å². The molecule has 3 rings (SSSR count). The van der Waals surface area contributed by atoms with Crippen LogP contribution in [0.2, 0.25) is 5.02 Å². The maximum absolute atomic E-state index is 6.25. The molecule has 1 N–H and O–H groups in total. The third kappa shape index (κ3) is 3.70. The minimum absolute atomic E-state index is 0.618. The molecular formula is C17H23ClN6. The average Bonchev–Trinajstić information content (AvgIpc) is 3.01. The van der Waals surface area contributed by atoms with Crippen molar-refractivity contribution in [2.45, 2.75) is 38.9 Å². The van der Waals surface area contributed by atoms with Gasteiger partial charge in [-0.25, -0.2) is 0 Å². The monoisotopic (exact) mass is 346 g/mol. The van der Waals surface area contributed by atoms with Crippen LogP contribution in [-0.4, -0.2) is 39.7 Å². The molecule has 6 nitrogen and oxygen atoms in total. The Labute approximate surface area is 147 Å². The van der Waals surface area contributed by atoms with E-state index in [4.69, 9.17) is 11.6 Å². The van der Waals surface area contributed by atoms with Gasteiger partial charge in [0.05, 0.1) is 6.54 Å². The molecule has 0 spiro atoms. The first-order valence-electron chi connectivity index (χ1n) is 8.25. The van der Waals surface area contributed by atoms with Gasteiger partial charge in [-0.05, 0) is 24.5 Å². The summed E-state index contributed by atoms with van der Waals surface area (Å²) < 4.78 is 2.22. The predicted molar refractivity (Wildman–Crippen MR) is 96.1 cm³/mol. The third-order valence-electron chi connectivity index (χ3n) is 4.28. The zero-order valence-electron chi connectivity index (χ0n) is 14.2. The molecule has 128 valence electrons. The van der Waals surface area contributed by atoms with Gasteiger partial charge in [0.1, 0.15) is 5.82 Å². The molecule has 1 aromatic heterocycles. The molecule has 0 unspecified atom stereocenters. The van der Waals surface area contributed by atoms with Crippen LogP contribution in [0.5, 0.6) is 0 Å². The van der Waals surface area contributed by atoms with E-state index in [-0.39, 0.29) is 0 Å². The number of aliphatic imine (C=N–C) groups is 1. The molecule has 7 heteroatoms. The van der Waals surface area contributed by atoms with Crippen molar-refractivity contribution >= 4 is 17.6 Å². The maximum Gasteiger partial charge on any atom is 0.194 e. The quantitative estimate of drug-likeness (QED) is 0.682. The van der Waals surface area contributed by atoms with Crippen LogP contribution in [0.1, 0.15) is 30.1 Å². The normalized spacial score (nSPS) is 14.4. The fourth-order valence-electron chi connectivity index (χ4n) is 3.00. The Kier molecular flexibility index (Phi) is 5.35. The molecule has 0 bridgehead atoms. The fourth-order valence-corrected chi connectivity index (χ4v) is 3.19. The number of halogens is 1. The standard InChI is InChI=1S/C17H23ClN6/c1-19-17(23(2)12-13-7-3-4-8-14(13)18)20-11-16-22-21-15-9-5-6-10-24(15)16/h3-4,7-8H,5-6,9-12H2,1-2H3,(H,19,20). The Hall–Kier alpha value is -2.08. The van der Waals surface area contributed by atoms with Crippen LogP contribution in [0.3, 0.4) is 0 Å². The first-order valence-corrected chi connectivity index (χ1v) is 8.63. The van der Waals surface area contributed by atoms with E-state index in [1.165, 1.54) is 12.8 Å². The van der Waals surface area contributed by atoms with Gasteiger partial charge in [-0.1, -0.05) is 29.8 Å². The van der Waals surface area contributed by atoms with E-state index in [9.17, 15) is 0 Å². The van der Waals surface area contributed by atoms with E-state index in [0.717, 1.165) is 41.2 Å². The second-order valence-electron chi connectivity index (χ2n) is 5.99. The highest BCUT2D eigenvalue weighted by Crippen LogP contribution is 2.17. The van der Waals surface area contributed by atoms with Gasteiger partial charge in [-0.3, -0.25) is 4.99 Å². The summed E-state index contributed by atoms with van der Waals surface area (Å²) in [5, 5.41) is 12.7. The number of nitrogens with one attached hydrogen (secondary N) is 1. The number of benzene rings is 1. The second-order valence-corrected chi connectivity index (χ2v) is 6.40. The van der Waals surface area contributed by atoms with Crippen LogP contribution in [-0.2, 0) is 26.1 Å². The summed E-state index contributed by atoms with van der Waals surface area (Å²) in [5.41, 5.74) is 1.07. The van der Waals surface area contributed by atoms with Crippen LogP contribution < -0.4 is 5.32 Å². The molecule has 0 amide bonds. The number of hydrogen-bond acceptors (Lipinski definition) is 3. The minimum Gasteiger partial charge on any atom is -0.349 e. The summed E-state index contributed by atoms with van der Waals surface area (Å²) in [4.78, 5) is 6.41. The topological polar surface area (TPSA) is 58.3 Å². The van der Waals surface area contributed by atoms with Gasteiger partial charge in [0, 0.05) is 38.6 Å². The van der Waals surface area contributed by atoms with Crippen molar-refractivity contribution < 1.29 is 0 Å². The van der Waals surface area contributed by atoms with Gasteiger partial charge in [-0.2, -0.15) is 0 Å². The van der Waals surface area contributed by atoms with Crippen molar-refractivity contribution in [1.29, 1.82) is 0 Å². The van der Waals surface area contributed by atoms with Gasteiger partial charge in [0.25, 0.3) is 0 Å². The molecule has 0 saturated carbocycles. The van der Waals surface area contributed by atoms with Crippen molar-refractivity contribution in [2.24, 2.45) is 4.99 Å². The highest BCUT2D eigenvalue weighted by molar-refractivity contribution is 6.31. The third-order valence-corrected chi connectivity index (χ3v) is 4.65. The van der Waals surface area contributed by atoms with Crippen LogP contribution in [0, 0.1) is 0 Å². The summed E-state index contributed by atoms with van der Waals surface area (Å²) >= 11 is 6.25. The van der Waals surface area contributed by atoms with Crippen molar-refractivity contribution in [3.63, 3.8) is 0 Å². The summed E-state index contributed by atoms with van der Waals surface area (Å²) in [6.07, 6.45) is 3.42. The largest absolute Gasteiger partial charge is 0.349 e. The van der Waals surface area contributed by atoms with Gasteiger partial charge in [0.15, 0.2) is 11.8 Å². The first kappa shape index (κ1) is 16.8. The molecular weight excluding hydrogens is 324 g/mol. The highest BCUT2D eigenvalue weighted by Gasteiger charge is 2.16. The number of hydrogen-bond donors (Lipinski definition) is 1. The Bertz CT molecular complexity index is 724. The summed E-state index contributed by atoms with van der Waals surface area (Å²) in [7, 11) is 3.78. The van der Waals surface area contributed by atoms with Crippen molar-refractivity contribution in [3.8, 4) is 0 Å². The maximum atomic E-state index is 6.25. The minimum atomic E-state index is 0.618. The molecule has 0 aliphatic carbocycles. The summed E-state index contributed by atoms with van der Waals surface area (Å²) in [5.74, 6) is 2.87. The Morgan fingerprint density at radius 2 is 2.17 bits per heavy atom. The number of rotatable bonds is 4. The fraction of sp³-hybridized carbons (Fsp3) is 0.471. The first-order chi connectivity index (χ1) is 11.7. The summed E-state index contributed by atoms with van der Waals surface area (Å²) in [6.45, 7) is 2.32. The van der Waals surface area contributed by atoms with Crippen molar-refractivity contribution in [2.75, 3.05) is 14.1 Å². The van der Waals surface area contributed by atoms with E-state index in [1.54, 1.807) is 7.05 Å². The second kappa shape index (κ2) is 7.66. The van der Waals surface area contributed by atoms with Gasteiger partial charge in [0.2, 0.25) is 0 Å². The van der Waals surface area contributed by atoms with Gasteiger partial charge in [-0.15, -0.1) is 10.2 Å². The molecule has 2 heterocycles. The number of aromatic nitrogens is 3. The number of nitrogens with zero attached hydrogens (tertiary/aromatic N) is 5. The lowest BCUT2D eigenvalue weighted by Gasteiger charge is -2.23. The van der Waals surface area contributed by atoms with Crippen molar-refractivity contribution in [3.05, 3.63) is 46.5 Å². The molecule has 2 aromatic rings. The van der Waals surface area contributed by atoms with E-state index >= 15 is 0 Å². The zero-order chi connectivity index (χ0) is 16.9. The predicted octanol–water partition coefficient (Wildman–Crippen LogP) is 2.48. The Balaban J connectivity index is 1.63. The molecule has 1 aromatic carbocycles. The number of guanidine groups is 1. The molecule has 0 saturated heterocycles. The van der Waals surface area contributed by atoms with E-state index in [1.807, 2.05) is 31.3 Å². The zero-order valence-corrected chi connectivity index (χ0v) is 14.9. The Morgan fingerprint density at radius 3 is 2.96 bits per heavy atom. The number of aryl methyl sites for hydroxylation is 1. The average molecular weight is 347 g/mol. The molecule has 1 aliphatic heterocycles. The highest BCUT2D eigenvalue weighted by atomic mass is 35.5. The van der Waals surface area contributed by atoms with E-state index < -0.39 is 0 Å². The molecule has 0 fully saturated rings. The summed E-state index contributed by atoms with van der Waals surface area (Å²) in [6, 6.07) is 7.87. The molecule has 0 radical (unpaired) electrons. The molecule has 1 aliphatic rings. The molecule has 0 atom stereocenters. The van der Waals surface area contributed by atoms with Crippen LogP contribution in [0.25, 0.3) is 0 Å². The SMILES string of the molecule is CN=C(NCc1nnc2n1CCCC2)N(C)Cc1ccccc1Cl. The number of fused-ring (bicyclic) bond motifs is 1. The smallest absolute Gasteiger partial charge is 0.194 e. The van der Waals surface area contributed by atoms with Crippen molar-refractivity contribution in [1.82, 2.24) is 25.0 Å². The Morgan fingerprint density at radius 1 is 1.33 bits per heavy atom. The van der Waals surface area contributed by atoms with E-state index in [0.29, 0.717) is 13.1 Å². The van der Waals surface area contributed by atoms with Gasteiger partial charge < -0.3 is 14.8 Å². The molecule has 24 heavy (non-hydrogen) atoms. The van der Waals surface area contributed by atoms with Crippen LogP contribution >= 0.6 is 11.6 Å².